The van der Waals surface area contributed by atoms with Crippen molar-refractivity contribution in [2.45, 2.75) is 56.5 Å². The molecule has 1 aromatic rings. The Labute approximate surface area is 200 Å². The molecule has 0 spiro atoms. The molecular formula is C21H30N6O8. The quantitative estimate of drug-likeness (QED) is 0.126. The molecule has 35 heavy (non-hydrogen) atoms. The molecule has 14 nitrogen and oxygen atoms in total. The van der Waals surface area contributed by atoms with E-state index in [-0.39, 0.29) is 6.42 Å². The molecule has 0 aliphatic heterocycles. The van der Waals surface area contributed by atoms with Gasteiger partial charge >= 0.3 is 5.97 Å². The van der Waals surface area contributed by atoms with E-state index in [0.29, 0.717) is 5.56 Å². The first-order valence-corrected chi connectivity index (χ1v) is 10.5. The van der Waals surface area contributed by atoms with Gasteiger partial charge in [0.05, 0.1) is 25.0 Å². The zero-order valence-corrected chi connectivity index (χ0v) is 19.0. The van der Waals surface area contributed by atoms with E-state index in [1.807, 2.05) is 0 Å². The number of carbonyl (C=O) groups is 6. The molecule has 0 saturated carbocycles. The smallest absolute Gasteiger partial charge is 0.326 e. The number of hydrogen-bond donors (Lipinski definition) is 8. The van der Waals surface area contributed by atoms with Gasteiger partial charge in [-0.15, -0.1) is 0 Å². The minimum Gasteiger partial charge on any atom is -0.480 e. The number of nitrogens with two attached hydrogens (primary N) is 3. The Morgan fingerprint density at radius 1 is 0.829 bits per heavy atom. The lowest BCUT2D eigenvalue weighted by Gasteiger charge is -2.26. The fourth-order valence-corrected chi connectivity index (χ4v) is 2.97. The number of nitrogens with one attached hydrogen (secondary N) is 3. The highest BCUT2D eigenvalue weighted by Gasteiger charge is 2.33. The molecule has 1 aromatic carbocycles. The number of rotatable bonds is 14. The fourth-order valence-electron chi connectivity index (χ4n) is 2.97. The maximum absolute atomic E-state index is 12.9. The Morgan fingerprint density at radius 3 is 1.86 bits per heavy atom. The third-order valence-electron chi connectivity index (χ3n) is 4.76. The fraction of sp³-hybridized carbons (Fsp3) is 0.429. The van der Waals surface area contributed by atoms with Crippen molar-refractivity contribution in [1.29, 1.82) is 0 Å². The number of hydrogen-bond acceptors (Lipinski definition) is 8. The highest BCUT2D eigenvalue weighted by molar-refractivity contribution is 5.96. The van der Waals surface area contributed by atoms with Crippen molar-refractivity contribution in [2.75, 3.05) is 0 Å². The largest absolute Gasteiger partial charge is 0.480 e. The van der Waals surface area contributed by atoms with Gasteiger partial charge in [0.1, 0.15) is 18.1 Å². The number of aliphatic hydroxyl groups is 1. The molecule has 14 heteroatoms. The maximum atomic E-state index is 12.9. The average molecular weight is 495 g/mol. The predicted molar refractivity (Wildman–Crippen MR) is 121 cm³/mol. The van der Waals surface area contributed by atoms with Crippen molar-refractivity contribution in [3.05, 3.63) is 35.9 Å². The van der Waals surface area contributed by atoms with Crippen LogP contribution in [0.25, 0.3) is 0 Å². The van der Waals surface area contributed by atoms with Crippen LogP contribution in [0.3, 0.4) is 0 Å². The topological polar surface area (TPSA) is 257 Å². The minimum atomic E-state index is -1.64. The summed E-state index contributed by atoms with van der Waals surface area (Å²) >= 11 is 0. The third-order valence-corrected chi connectivity index (χ3v) is 4.76. The van der Waals surface area contributed by atoms with Crippen LogP contribution in [0.2, 0.25) is 0 Å². The van der Waals surface area contributed by atoms with Crippen LogP contribution in [-0.2, 0) is 35.2 Å². The van der Waals surface area contributed by atoms with Crippen molar-refractivity contribution in [1.82, 2.24) is 16.0 Å². The van der Waals surface area contributed by atoms with Crippen LogP contribution in [-0.4, -0.2) is 76.0 Å². The summed E-state index contributed by atoms with van der Waals surface area (Å²) in [6.45, 7) is 1.20. The van der Waals surface area contributed by atoms with Crippen molar-refractivity contribution in [3.63, 3.8) is 0 Å². The molecule has 0 aliphatic rings. The molecular weight excluding hydrogens is 464 g/mol. The molecule has 11 N–H and O–H groups in total. The third kappa shape index (κ3) is 10.2. The van der Waals surface area contributed by atoms with E-state index in [2.05, 4.69) is 16.0 Å². The van der Waals surface area contributed by atoms with E-state index in [1.165, 1.54) is 6.92 Å². The van der Waals surface area contributed by atoms with Gasteiger partial charge in [0, 0.05) is 6.42 Å². The lowest BCUT2D eigenvalue weighted by molar-refractivity contribution is -0.143. The standard InChI is InChI=1S/C21H30N6O8/c1-10(28)17(27-18(31)12(22)8-15(23)29)20(33)25-13(7-11-5-3-2-4-6-11)19(32)26-14(21(34)35)9-16(24)30/h2-6,10,12-14,17,28H,7-9,22H2,1H3,(H2,23,29)(H2,24,30)(H,25,33)(H,26,32)(H,27,31)(H,34,35). The first-order chi connectivity index (χ1) is 16.3. The first kappa shape index (κ1) is 29.0. The maximum Gasteiger partial charge on any atom is 0.326 e. The number of benzene rings is 1. The highest BCUT2D eigenvalue weighted by Crippen LogP contribution is 2.06. The summed E-state index contributed by atoms with van der Waals surface area (Å²) in [4.78, 5) is 71.5. The minimum absolute atomic E-state index is 0.0943. The van der Waals surface area contributed by atoms with Crippen LogP contribution in [0.5, 0.6) is 0 Å². The van der Waals surface area contributed by atoms with Gasteiger partial charge in [-0.25, -0.2) is 4.79 Å². The zero-order valence-electron chi connectivity index (χ0n) is 19.0. The summed E-state index contributed by atoms with van der Waals surface area (Å²) < 4.78 is 0. The molecule has 0 heterocycles. The van der Waals surface area contributed by atoms with E-state index in [0.717, 1.165) is 0 Å². The van der Waals surface area contributed by atoms with Gasteiger partial charge in [-0.2, -0.15) is 0 Å². The molecule has 1 rings (SSSR count). The number of carboxylic acid groups (broad SMARTS) is 1. The van der Waals surface area contributed by atoms with Crippen LogP contribution >= 0.6 is 0 Å². The number of aliphatic carboxylic acids is 1. The summed E-state index contributed by atoms with van der Waals surface area (Å²) in [6.07, 6.45) is -2.72. The second-order valence-corrected chi connectivity index (χ2v) is 7.82. The normalized spacial score (nSPS) is 14.9. The van der Waals surface area contributed by atoms with Crippen molar-refractivity contribution in [2.24, 2.45) is 17.2 Å². The van der Waals surface area contributed by atoms with Gasteiger partial charge in [-0.05, 0) is 12.5 Å². The summed E-state index contributed by atoms with van der Waals surface area (Å²) in [6, 6.07) is 2.42. The van der Waals surface area contributed by atoms with E-state index in [1.54, 1.807) is 30.3 Å². The van der Waals surface area contributed by atoms with E-state index >= 15 is 0 Å². The summed E-state index contributed by atoms with van der Waals surface area (Å²) in [5, 5.41) is 26.0. The zero-order chi connectivity index (χ0) is 26.7. The van der Waals surface area contributed by atoms with E-state index < -0.39 is 78.6 Å². The SMILES string of the molecule is CC(O)C(NC(=O)C(N)CC(N)=O)C(=O)NC(Cc1ccccc1)C(=O)NC(CC(N)=O)C(=O)O. The van der Waals surface area contributed by atoms with Crippen LogP contribution in [0.4, 0.5) is 0 Å². The van der Waals surface area contributed by atoms with Gasteiger partial charge in [0.25, 0.3) is 0 Å². The second kappa shape index (κ2) is 13.6. The Kier molecular flexibility index (Phi) is 11.3. The summed E-state index contributed by atoms with van der Waals surface area (Å²) in [7, 11) is 0. The summed E-state index contributed by atoms with van der Waals surface area (Å²) in [5.74, 6) is -6.21. The Bertz CT molecular complexity index is 939. The van der Waals surface area contributed by atoms with Gasteiger partial charge in [0.2, 0.25) is 29.5 Å². The lowest BCUT2D eigenvalue weighted by atomic mass is 10.0. The van der Waals surface area contributed by atoms with E-state index in [4.69, 9.17) is 17.2 Å². The number of carboxylic acids is 1. The van der Waals surface area contributed by atoms with Crippen LogP contribution in [0, 0.1) is 0 Å². The Morgan fingerprint density at radius 2 is 1.37 bits per heavy atom. The summed E-state index contributed by atoms with van der Waals surface area (Å²) in [5.41, 5.74) is 16.2. The molecule has 0 bridgehead atoms. The molecule has 0 saturated heterocycles. The highest BCUT2D eigenvalue weighted by atomic mass is 16.4. The number of carbonyl (C=O) groups excluding carboxylic acids is 5. The number of amides is 5. The molecule has 192 valence electrons. The number of primary amides is 2. The molecule has 0 radical (unpaired) electrons. The van der Waals surface area contributed by atoms with Crippen molar-refractivity contribution >= 4 is 35.5 Å². The second-order valence-electron chi connectivity index (χ2n) is 7.82. The first-order valence-electron chi connectivity index (χ1n) is 10.5. The van der Waals surface area contributed by atoms with Crippen molar-refractivity contribution in [3.8, 4) is 0 Å². The molecule has 5 amide bonds. The van der Waals surface area contributed by atoms with Crippen LogP contribution < -0.4 is 33.2 Å². The van der Waals surface area contributed by atoms with Crippen molar-refractivity contribution < 1.29 is 39.0 Å². The van der Waals surface area contributed by atoms with Gasteiger partial charge in [0.15, 0.2) is 0 Å². The predicted octanol–water partition coefficient (Wildman–Crippen LogP) is -3.77. The van der Waals surface area contributed by atoms with Gasteiger partial charge in [-0.1, -0.05) is 30.3 Å². The van der Waals surface area contributed by atoms with Crippen LogP contribution in [0.1, 0.15) is 25.3 Å². The molecule has 0 aliphatic carbocycles. The van der Waals surface area contributed by atoms with Gasteiger partial charge < -0.3 is 43.4 Å². The Balaban J connectivity index is 3.10. The monoisotopic (exact) mass is 494 g/mol. The Hall–Kier alpha value is -4.04. The molecule has 5 unspecified atom stereocenters. The lowest BCUT2D eigenvalue weighted by Crippen LogP contribution is -2.60. The average Bonchev–Trinajstić information content (AvgIpc) is 2.75. The van der Waals surface area contributed by atoms with Crippen LogP contribution in [0.15, 0.2) is 30.3 Å². The number of aliphatic hydroxyl groups excluding tert-OH is 1. The van der Waals surface area contributed by atoms with E-state index in [9.17, 15) is 39.0 Å². The molecule has 5 atom stereocenters. The van der Waals surface area contributed by atoms with Gasteiger partial charge in [-0.3, -0.25) is 24.0 Å². The molecule has 0 aromatic heterocycles. The molecule has 0 fully saturated rings.